The van der Waals surface area contributed by atoms with E-state index in [1.54, 1.807) is 36.3 Å². The summed E-state index contributed by atoms with van der Waals surface area (Å²) in [5.74, 6) is 1.41. The van der Waals surface area contributed by atoms with Gasteiger partial charge in [0.15, 0.2) is 0 Å². The Kier molecular flexibility index (Phi) is 6.83. The number of ether oxygens (including phenoxy) is 2. The van der Waals surface area contributed by atoms with Gasteiger partial charge in [-0.3, -0.25) is 9.36 Å². The third-order valence-corrected chi connectivity index (χ3v) is 7.14. The molecule has 2 N–H and O–H groups in total. The van der Waals surface area contributed by atoms with Gasteiger partial charge in [-0.15, -0.1) is 11.3 Å². The van der Waals surface area contributed by atoms with Gasteiger partial charge in [-0.2, -0.15) is 0 Å². The van der Waals surface area contributed by atoms with Crippen LogP contribution < -0.4 is 20.9 Å². The molecule has 0 aliphatic carbocycles. The van der Waals surface area contributed by atoms with E-state index >= 15 is 0 Å². The fourth-order valence-corrected chi connectivity index (χ4v) is 5.27. The lowest BCUT2D eigenvalue weighted by atomic mass is 9.95. The van der Waals surface area contributed by atoms with Gasteiger partial charge in [-0.1, -0.05) is 6.92 Å². The van der Waals surface area contributed by atoms with Crippen molar-refractivity contribution in [3.05, 3.63) is 56.4 Å². The number of methoxy groups -OCH3 is 1. The van der Waals surface area contributed by atoms with Crippen molar-refractivity contribution in [2.75, 3.05) is 32.1 Å². The molecule has 0 bridgehead atoms. The maximum atomic E-state index is 13.7. The first-order valence-corrected chi connectivity index (χ1v) is 12.1. The van der Waals surface area contributed by atoms with Crippen molar-refractivity contribution in [3.63, 3.8) is 0 Å². The predicted molar refractivity (Wildman–Crippen MR) is 131 cm³/mol. The molecule has 1 saturated heterocycles. The summed E-state index contributed by atoms with van der Waals surface area (Å²) in [5, 5.41) is 9.84. The van der Waals surface area contributed by atoms with Crippen molar-refractivity contribution in [2.45, 2.75) is 38.8 Å². The Bertz CT molecular complexity index is 1180. The van der Waals surface area contributed by atoms with Crippen LogP contribution in [0.3, 0.4) is 0 Å². The van der Waals surface area contributed by atoms with Crippen LogP contribution in [0.5, 0.6) is 5.75 Å². The molecule has 2 aromatic heterocycles. The zero-order valence-corrected chi connectivity index (χ0v) is 20.6. The Morgan fingerprint density at radius 2 is 2.18 bits per heavy atom. The molecular formula is C24H31N5O3S. The Hall–Kier alpha value is -2.75. The summed E-state index contributed by atoms with van der Waals surface area (Å²) in [5.41, 5.74) is 2.36. The third-order valence-electron chi connectivity index (χ3n) is 6.19. The summed E-state index contributed by atoms with van der Waals surface area (Å²) in [4.78, 5) is 23.2. The molecule has 3 heterocycles. The smallest absolute Gasteiger partial charge is 0.277 e. The summed E-state index contributed by atoms with van der Waals surface area (Å²) in [6, 6.07) is 5.79. The van der Waals surface area contributed by atoms with E-state index in [2.05, 4.69) is 15.6 Å². The molecular weight excluding hydrogens is 438 g/mol. The first kappa shape index (κ1) is 23.4. The zero-order chi connectivity index (χ0) is 23.6. The molecule has 0 radical (unpaired) electrons. The van der Waals surface area contributed by atoms with Crippen molar-refractivity contribution in [1.29, 1.82) is 0 Å². The molecule has 8 nitrogen and oxygen atoms in total. The SMILES string of the molecule is CCO[C@H]1CNC[C@]1(Nc1c(CC)nc(-c2ccc(OC)cc2C)n(C)c1=O)c1nccs1. The van der Waals surface area contributed by atoms with Gasteiger partial charge in [0.2, 0.25) is 0 Å². The largest absolute Gasteiger partial charge is 0.497 e. The monoisotopic (exact) mass is 469 g/mol. The molecule has 176 valence electrons. The molecule has 33 heavy (non-hydrogen) atoms. The number of hydrogen-bond acceptors (Lipinski definition) is 8. The van der Waals surface area contributed by atoms with Crippen LogP contribution in [0.25, 0.3) is 11.4 Å². The molecule has 1 fully saturated rings. The Morgan fingerprint density at radius 1 is 1.36 bits per heavy atom. The number of anilines is 1. The van der Waals surface area contributed by atoms with Crippen LogP contribution in [-0.4, -0.2) is 47.4 Å². The van der Waals surface area contributed by atoms with Gasteiger partial charge >= 0.3 is 0 Å². The highest BCUT2D eigenvalue weighted by molar-refractivity contribution is 7.09. The number of thiazole rings is 1. The van der Waals surface area contributed by atoms with Crippen molar-refractivity contribution in [1.82, 2.24) is 19.9 Å². The first-order valence-electron chi connectivity index (χ1n) is 11.2. The summed E-state index contributed by atoms with van der Waals surface area (Å²) in [7, 11) is 3.41. The average molecular weight is 470 g/mol. The van der Waals surface area contributed by atoms with E-state index < -0.39 is 5.54 Å². The lowest BCUT2D eigenvalue weighted by Crippen LogP contribution is -2.49. The van der Waals surface area contributed by atoms with Gasteiger partial charge < -0.3 is 20.1 Å². The van der Waals surface area contributed by atoms with E-state index in [4.69, 9.17) is 14.5 Å². The third kappa shape index (κ3) is 4.16. The van der Waals surface area contributed by atoms with E-state index in [0.717, 1.165) is 27.6 Å². The quantitative estimate of drug-likeness (QED) is 0.524. The average Bonchev–Trinajstić information content (AvgIpc) is 3.49. The van der Waals surface area contributed by atoms with Crippen molar-refractivity contribution >= 4 is 17.0 Å². The second kappa shape index (κ2) is 9.62. The highest BCUT2D eigenvalue weighted by Crippen LogP contribution is 2.36. The standard InChI is InChI=1S/C24H31N5O3S/c1-6-18-20(28-24(23-26-10-11-33-23)14-25-13-19(24)32-7-2)22(30)29(4)21(27-18)17-9-8-16(31-5)12-15(17)3/h8-12,19,25,28H,6-7,13-14H2,1-5H3/t19-,24+/m0/s1. The van der Waals surface area contributed by atoms with E-state index in [0.29, 0.717) is 37.6 Å². The fourth-order valence-electron chi connectivity index (χ4n) is 4.43. The maximum absolute atomic E-state index is 13.7. The topological polar surface area (TPSA) is 90.3 Å². The molecule has 0 unspecified atom stereocenters. The number of benzene rings is 1. The molecule has 2 atom stereocenters. The maximum Gasteiger partial charge on any atom is 0.277 e. The molecule has 1 aliphatic heterocycles. The van der Waals surface area contributed by atoms with Crippen molar-refractivity contribution in [2.24, 2.45) is 7.05 Å². The summed E-state index contributed by atoms with van der Waals surface area (Å²) < 4.78 is 13.0. The van der Waals surface area contributed by atoms with Crippen molar-refractivity contribution in [3.8, 4) is 17.1 Å². The highest BCUT2D eigenvalue weighted by atomic mass is 32.1. The second-order valence-electron chi connectivity index (χ2n) is 8.16. The Balaban J connectivity index is 1.83. The molecule has 0 amide bonds. The predicted octanol–water partition coefficient (Wildman–Crippen LogP) is 3.10. The Morgan fingerprint density at radius 3 is 2.82 bits per heavy atom. The minimum absolute atomic E-state index is 0.120. The summed E-state index contributed by atoms with van der Waals surface area (Å²) in [6.07, 6.45) is 2.24. The van der Waals surface area contributed by atoms with Gasteiger partial charge in [0.25, 0.3) is 5.56 Å². The van der Waals surface area contributed by atoms with Gasteiger partial charge in [0, 0.05) is 43.9 Å². The van der Waals surface area contributed by atoms with E-state index in [1.165, 1.54) is 0 Å². The molecule has 3 aromatic rings. The minimum atomic E-state index is -0.639. The van der Waals surface area contributed by atoms with E-state index in [1.807, 2.05) is 44.4 Å². The number of nitrogens with zero attached hydrogens (tertiary/aromatic N) is 3. The molecule has 0 saturated carbocycles. The van der Waals surface area contributed by atoms with Gasteiger partial charge in [0.05, 0.1) is 12.8 Å². The summed E-state index contributed by atoms with van der Waals surface area (Å²) >= 11 is 1.56. The molecule has 1 aromatic carbocycles. The summed E-state index contributed by atoms with van der Waals surface area (Å²) in [6.45, 7) is 7.86. The lowest BCUT2D eigenvalue weighted by molar-refractivity contribution is 0.0396. The number of aryl methyl sites for hydroxylation is 2. The van der Waals surface area contributed by atoms with Gasteiger partial charge in [0.1, 0.15) is 33.9 Å². The minimum Gasteiger partial charge on any atom is -0.497 e. The molecule has 1 aliphatic rings. The molecule has 4 rings (SSSR count). The van der Waals surface area contributed by atoms with Crippen LogP contribution >= 0.6 is 11.3 Å². The van der Waals surface area contributed by atoms with E-state index in [-0.39, 0.29) is 11.7 Å². The number of aromatic nitrogens is 3. The van der Waals surface area contributed by atoms with Crippen molar-refractivity contribution < 1.29 is 9.47 Å². The van der Waals surface area contributed by atoms with Crippen LogP contribution in [-0.2, 0) is 23.7 Å². The second-order valence-corrected chi connectivity index (χ2v) is 9.06. The van der Waals surface area contributed by atoms with Crippen LogP contribution in [0.4, 0.5) is 5.69 Å². The molecule has 0 spiro atoms. The lowest BCUT2D eigenvalue weighted by Gasteiger charge is -2.34. The first-order chi connectivity index (χ1) is 15.9. The highest BCUT2D eigenvalue weighted by Gasteiger charge is 2.48. The molecule has 9 heteroatoms. The van der Waals surface area contributed by atoms with E-state index in [9.17, 15) is 4.79 Å². The van der Waals surface area contributed by atoms with Crippen LogP contribution in [0.1, 0.15) is 30.1 Å². The number of rotatable bonds is 8. The fraction of sp³-hybridized carbons (Fsp3) is 0.458. The zero-order valence-electron chi connectivity index (χ0n) is 19.8. The Labute approximate surface area is 198 Å². The number of hydrogen-bond donors (Lipinski definition) is 2. The van der Waals surface area contributed by atoms with Crippen LogP contribution in [0.15, 0.2) is 34.6 Å². The normalized spacial score (nSPS) is 20.2. The number of nitrogens with one attached hydrogen (secondary N) is 2. The van der Waals surface area contributed by atoms with Crippen LogP contribution in [0, 0.1) is 6.92 Å². The van der Waals surface area contributed by atoms with Crippen LogP contribution in [0.2, 0.25) is 0 Å². The van der Waals surface area contributed by atoms with Gasteiger partial charge in [-0.25, -0.2) is 9.97 Å². The van der Waals surface area contributed by atoms with Gasteiger partial charge in [-0.05, 0) is 44.0 Å².